The molecule has 1 aliphatic heterocycles. The molecule has 2 heterocycles. The summed E-state index contributed by atoms with van der Waals surface area (Å²) in [5.41, 5.74) is 6.71. The van der Waals surface area contributed by atoms with Gasteiger partial charge in [0.1, 0.15) is 5.82 Å². The molecule has 4 heteroatoms. The Bertz CT molecular complexity index is 532. The van der Waals surface area contributed by atoms with Crippen LogP contribution in [0.3, 0.4) is 0 Å². The third kappa shape index (κ3) is 1.90. The van der Waals surface area contributed by atoms with Crippen molar-refractivity contribution in [2.75, 3.05) is 23.7 Å². The Labute approximate surface area is 100 Å². The molecule has 0 unspecified atom stereocenters. The van der Waals surface area contributed by atoms with E-state index in [4.69, 9.17) is 5.73 Å². The molecule has 1 aromatic carbocycles. The maximum Gasteiger partial charge on any atom is 0.222 e. The zero-order valence-electron chi connectivity index (χ0n) is 9.76. The Morgan fingerprint density at radius 3 is 2.59 bits per heavy atom. The average Bonchev–Trinajstić information content (AvgIpc) is 2.39. The van der Waals surface area contributed by atoms with Gasteiger partial charge < -0.3 is 10.6 Å². The number of para-hydroxylation sites is 1. The van der Waals surface area contributed by atoms with Crippen LogP contribution in [0.2, 0.25) is 0 Å². The molecule has 0 saturated carbocycles. The fourth-order valence-corrected chi connectivity index (χ4v) is 2.42. The van der Waals surface area contributed by atoms with Crippen LogP contribution in [0.5, 0.6) is 0 Å². The van der Waals surface area contributed by atoms with E-state index < -0.39 is 0 Å². The summed E-state index contributed by atoms with van der Waals surface area (Å²) < 4.78 is 0. The minimum absolute atomic E-state index is 0.365. The van der Waals surface area contributed by atoms with E-state index in [0.717, 1.165) is 29.8 Å². The molecule has 4 nitrogen and oxygen atoms in total. The lowest BCUT2D eigenvalue weighted by Gasteiger charge is -2.28. The molecule has 2 N–H and O–H groups in total. The largest absolute Gasteiger partial charge is 0.368 e. The van der Waals surface area contributed by atoms with Gasteiger partial charge in [0.15, 0.2) is 0 Å². The topological polar surface area (TPSA) is 55.0 Å². The minimum Gasteiger partial charge on any atom is -0.368 e. The smallest absolute Gasteiger partial charge is 0.222 e. The maximum absolute atomic E-state index is 5.78. The summed E-state index contributed by atoms with van der Waals surface area (Å²) in [4.78, 5) is 11.0. The maximum atomic E-state index is 5.78. The molecular weight excluding hydrogens is 212 g/mol. The molecule has 0 atom stereocenters. The monoisotopic (exact) mass is 228 g/mol. The zero-order chi connectivity index (χ0) is 11.7. The number of benzene rings is 1. The quantitative estimate of drug-likeness (QED) is 0.813. The number of nitrogen functional groups attached to an aromatic ring is 1. The molecule has 1 aliphatic rings. The first-order valence-corrected chi connectivity index (χ1v) is 6.12. The van der Waals surface area contributed by atoms with Gasteiger partial charge in [-0.1, -0.05) is 12.1 Å². The number of rotatable bonds is 1. The summed E-state index contributed by atoms with van der Waals surface area (Å²) in [6.07, 6.45) is 3.78. The van der Waals surface area contributed by atoms with Crippen LogP contribution in [-0.4, -0.2) is 23.1 Å². The van der Waals surface area contributed by atoms with Crippen LogP contribution in [0.25, 0.3) is 10.9 Å². The first-order chi connectivity index (χ1) is 8.34. The van der Waals surface area contributed by atoms with E-state index in [-0.39, 0.29) is 0 Å². The van der Waals surface area contributed by atoms with E-state index in [9.17, 15) is 0 Å². The fraction of sp³-hybridized carbons (Fsp3) is 0.385. The van der Waals surface area contributed by atoms with Crippen molar-refractivity contribution in [3.63, 3.8) is 0 Å². The third-order valence-electron chi connectivity index (χ3n) is 3.26. The predicted octanol–water partition coefficient (Wildman–Crippen LogP) is 2.20. The Kier molecular flexibility index (Phi) is 2.55. The predicted molar refractivity (Wildman–Crippen MR) is 70.0 cm³/mol. The van der Waals surface area contributed by atoms with Gasteiger partial charge >= 0.3 is 0 Å². The van der Waals surface area contributed by atoms with Gasteiger partial charge in [-0.15, -0.1) is 0 Å². The Morgan fingerprint density at radius 2 is 1.76 bits per heavy atom. The Morgan fingerprint density at radius 1 is 1.00 bits per heavy atom. The first-order valence-electron chi connectivity index (χ1n) is 6.12. The minimum atomic E-state index is 0.365. The lowest BCUT2D eigenvalue weighted by molar-refractivity contribution is 0.575. The zero-order valence-corrected chi connectivity index (χ0v) is 9.76. The summed E-state index contributed by atoms with van der Waals surface area (Å²) >= 11 is 0. The highest BCUT2D eigenvalue weighted by molar-refractivity contribution is 5.90. The van der Waals surface area contributed by atoms with Gasteiger partial charge in [0, 0.05) is 18.5 Å². The molecular formula is C13H16N4. The van der Waals surface area contributed by atoms with Gasteiger partial charge in [-0.2, -0.15) is 4.98 Å². The molecule has 88 valence electrons. The normalized spacial score (nSPS) is 16.4. The van der Waals surface area contributed by atoms with E-state index in [1.54, 1.807) is 0 Å². The van der Waals surface area contributed by atoms with Crippen molar-refractivity contribution in [3.8, 4) is 0 Å². The number of piperidine rings is 1. The van der Waals surface area contributed by atoms with Crippen LogP contribution < -0.4 is 10.6 Å². The molecule has 0 amide bonds. The lowest BCUT2D eigenvalue weighted by Crippen LogP contribution is -2.30. The number of nitrogens with zero attached hydrogens (tertiary/aromatic N) is 3. The second-order valence-electron chi connectivity index (χ2n) is 4.47. The number of hydrogen-bond donors (Lipinski definition) is 1. The van der Waals surface area contributed by atoms with Crippen LogP contribution in [0.1, 0.15) is 19.3 Å². The van der Waals surface area contributed by atoms with Crippen LogP contribution in [0.4, 0.5) is 11.8 Å². The van der Waals surface area contributed by atoms with Crippen molar-refractivity contribution in [1.82, 2.24) is 9.97 Å². The second-order valence-corrected chi connectivity index (χ2v) is 4.47. The highest BCUT2D eigenvalue weighted by Crippen LogP contribution is 2.26. The van der Waals surface area contributed by atoms with Gasteiger partial charge in [-0.3, -0.25) is 0 Å². The van der Waals surface area contributed by atoms with Crippen molar-refractivity contribution in [1.29, 1.82) is 0 Å². The average molecular weight is 228 g/mol. The van der Waals surface area contributed by atoms with Crippen LogP contribution in [-0.2, 0) is 0 Å². The SMILES string of the molecule is Nc1nc(N2CCCCC2)c2ccccc2n1. The van der Waals surface area contributed by atoms with E-state index in [1.165, 1.54) is 19.3 Å². The van der Waals surface area contributed by atoms with Gasteiger partial charge in [0.05, 0.1) is 5.52 Å². The lowest BCUT2D eigenvalue weighted by atomic mass is 10.1. The number of hydrogen-bond acceptors (Lipinski definition) is 4. The van der Waals surface area contributed by atoms with E-state index in [0.29, 0.717) is 5.95 Å². The van der Waals surface area contributed by atoms with Crippen LogP contribution >= 0.6 is 0 Å². The molecule has 0 bridgehead atoms. The summed E-state index contributed by atoms with van der Waals surface area (Å²) in [5.74, 6) is 1.36. The molecule has 0 radical (unpaired) electrons. The van der Waals surface area contributed by atoms with Crippen molar-refractivity contribution >= 4 is 22.7 Å². The number of aromatic nitrogens is 2. The molecule has 2 aromatic rings. The second kappa shape index (κ2) is 4.20. The molecule has 3 rings (SSSR count). The van der Waals surface area contributed by atoms with Gasteiger partial charge in [-0.05, 0) is 31.4 Å². The summed E-state index contributed by atoms with van der Waals surface area (Å²) in [5, 5.41) is 1.10. The van der Waals surface area contributed by atoms with Crippen LogP contribution in [0.15, 0.2) is 24.3 Å². The Hall–Kier alpha value is -1.84. The standard InChI is InChI=1S/C13H16N4/c14-13-15-11-7-3-2-6-10(11)12(16-13)17-8-4-1-5-9-17/h2-3,6-7H,1,4-5,8-9H2,(H2,14,15,16). The Balaban J connectivity index is 2.13. The van der Waals surface area contributed by atoms with Crippen molar-refractivity contribution < 1.29 is 0 Å². The third-order valence-corrected chi connectivity index (χ3v) is 3.26. The number of fused-ring (bicyclic) bond motifs is 1. The molecule has 0 spiro atoms. The number of anilines is 2. The van der Waals surface area contributed by atoms with Crippen molar-refractivity contribution in [2.45, 2.75) is 19.3 Å². The summed E-state index contributed by atoms with van der Waals surface area (Å²) in [6.45, 7) is 2.14. The van der Waals surface area contributed by atoms with Crippen LogP contribution in [0, 0.1) is 0 Å². The van der Waals surface area contributed by atoms with Gasteiger partial charge in [0.25, 0.3) is 0 Å². The molecule has 1 fully saturated rings. The molecule has 1 saturated heterocycles. The summed E-state index contributed by atoms with van der Waals surface area (Å²) in [6, 6.07) is 8.06. The molecule has 0 aliphatic carbocycles. The molecule has 17 heavy (non-hydrogen) atoms. The summed E-state index contributed by atoms with van der Waals surface area (Å²) in [7, 11) is 0. The fourth-order valence-electron chi connectivity index (χ4n) is 2.42. The van der Waals surface area contributed by atoms with E-state index >= 15 is 0 Å². The van der Waals surface area contributed by atoms with Crippen molar-refractivity contribution in [2.24, 2.45) is 0 Å². The molecule has 1 aromatic heterocycles. The van der Waals surface area contributed by atoms with Gasteiger partial charge in [-0.25, -0.2) is 4.98 Å². The van der Waals surface area contributed by atoms with E-state index in [2.05, 4.69) is 20.9 Å². The highest BCUT2D eigenvalue weighted by Gasteiger charge is 2.15. The van der Waals surface area contributed by atoms with Crippen molar-refractivity contribution in [3.05, 3.63) is 24.3 Å². The van der Waals surface area contributed by atoms with E-state index in [1.807, 2.05) is 18.2 Å². The first kappa shape index (κ1) is 10.3. The number of nitrogens with two attached hydrogens (primary N) is 1. The van der Waals surface area contributed by atoms with Gasteiger partial charge in [0.2, 0.25) is 5.95 Å². The highest BCUT2D eigenvalue weighted by atomic mass is 15.2.